The normalized spacial score (nSPS) is 14.7. The Morgan fingerprint density at radius 2 is 2.20 bits per heavy atom. The van der Waals surface area contributed by atoms with Gasteiger partial charge in [0.1, 0.15) is 11.6 Å². The molecule has 0 saturated carbocycles. The molecule has 0 fully saturated rings. The fourth-order valence-corrected chi connectivity index (χ4v) is 1.37. The van der Waals surface area contributed by atoms with Crippen molar-refractivity contribution in [2.24, 2.45) is 5.73 Å². The van der Waals surface area contributed by atoms with Gasteiger partial charge in [-0.3, -0.25) is 0 Å². The van der Waals surface area contributed by atoms with E-state index < -0.39 is 18.0 Å². The lowest BCUT2D eigenvalue weighted by atomic mass is 10.00. The minimum atomic E-state index is -0.744. The summed E-state index contributed by atoms with van der Waals surface area (Å²) in [7, 11) is 1.50. The minimum absolute atomic E-state index is 0.281. The van der Waals surface area contributed by atoms with Gasteiger partial charge in [0.2, 0.25) is 0 Å². The van der Waals surface area contributed by atoms with Crippen LogP contribution in [0.4, 0.5) is 4.39 Å². The lowest BCUT2D eigenvalue weighted by molar-refractivity contribution is 0.139. The Labute approximate surface area is 88.7 Å². The molecule has 0 unspecified atom stereocenters. The Kier molecular flexibility index (Phi) is 4.05. The van der Waals surface area contributed by atoms with Crippen molar-refractivity contribution in [3.8, 4) is 5.75 Å². The molecule has 0 aromatic heterocycles. The predicted molar refractivity (Wildman–Crippen MR) is 56.2 cm³/mol. The van der Waals surface area contributed by atoms with Gasteiger partial charge in [-0.15, -0.1) is 0 Å². The number of hydrogen-bond acceptors (Lipinski definition) is 3. The maximum absolute atomic E-state index is 13.4. The SMILES string of the molecule is CC[C@@H](O)[C@@H](N)c1cc(OC)ccc1F. The number of halogens is 1. The van der Waals surface area contributed by atoms with Crippen LogP contribution in [0.5, 0.6) is 5.75 Å². The molecule has 0 bridgehead atoms. The first kappa shape index (κ1) is 11.9. The number of aliphatic hydroxyl groups excluding tert-OH is 1. The number of nitrogens with two attached hydrogens (primary N) is 1. The van der Waals surface area contributed by atoms with Crippen LogP contribution in [0.15, 0.2) is 18.2 Å². The zero-order chi connectivity index (χ0) is 11.4. The van der Waals surface area contributed by atoms with Gasteiger partial charge in [0.25, 0.3) is 0 Å². The van der Waals surface area contributed by atoms with Crippen LogP contribution in [0, 0.1) is 5.82 Å². The highest BCUT2D eigenvalue weighted by Gasteiger charge is 2.19. The third-order valence-corrected chi connectivity index (χ3v) is 2.40. The van der Waals surface area contributed by atoms with Crippen LogP contribution in [-0.4, -0.2) is 18.3 Å². The van der Waals surface area contributed by atoms with Crippen molar-refractivity contribution >= 4 is 0 Å². The summed E-state index contributed by atoms with van der Waals surface area (Å²) in [5, 5.41) is 9.54. The molecule has 0 aliphatic rings. The second kappa shape index (κ2) is 5.09. The molecule has 1 rings (SSSR count). The van der Waals surface area contributed by atoms with Crippen LogP contribution < -0.4 is 10.5 Å². The average Bonchev–Trinajstić information content (AvgIpc) is 2.27. The molecule has 0 radical (unpaired) electrons. The van der Waals surface area contributed by atoms with Gasteiger partial charge in [-0.2, -0.15) is 0 Å². The topological polar surface area (TPSA) is 55.5 Å². The van der Waals surface area contributed by atoms with Gasteiger partial charge in [0, 0.05) is 5.56 Å². The van der Waals surface area contributed by atoms with Crippen LogP contribution in [0.2, 0.25) is 0 Å². The van der Waals surface area contributed by atoms with E-state index >= 15 is 0 Å². The summed E-state index contributed by atoms with van der Waals surface area (Å²) in [5.41, 5.74) is 6.01. The van der Waals surface area contributed by atoms with Crippen LogP contribution in [0.25, 0.3) is 0 Å². The lowest BCUT2D eigenvalue weighted by Crippen LogP contribution is -2.26. The fraction of sp³-hybridized carbons (Fsp3) is 0.455. The number of rotatable bonds is 4. The highest BCUT2D eigenvalue weighted by atomic mass is 19.1. The van der Waals surface area contributed by atoms with Crippen LogP contribution >= 0.6 is 0 Å². The van der Waals surface area contributed by atoms with E-state index in [1.54, 1.807) is 6.92 Å². The molecule has 1 aromatic rings. The summed E-state index contributed by atoms with van der Waals surface area (Å²) in [6.45, 7) is 1.79. The second-order valence-electron chi connectivity index (χ2n) is 3.39. The van der Waals surface area contributed by atoms with Crippen molar-refractivity contribution in [1.29, 1.82) is 0 Å². The lowest BCUT2D eigenvalue weighted by Gasteiger charge is -2.18. The first-order valence-corrected chi connectivity index (χ1v) is 4.87. The molecular formula is C11H16FNO2. The highest BCUT2D eigenvalue weighted by molar-refractivity contribution is 5.32. The van der Waals surface area contributed by atoms with E-state index in [0.717, 1.165) is 0 Å². The third kappa shape index (κ3) is 2.67. The molecule has 2 atom stereocenters. The first-order valence-electron chi connectivity index (χ1n) is 4.87. The average molecular weight is 213 g/mol. The molecule has 4 heteroatoms. The Morgan fingerprint density at radius 3 is 2.73 bits per heavy atom. The number of ether oxygens (including phenoxy) is 1. The summed E-state index contributed by atoms with van der Waals surface area (Å²) < 4.78 is 18.4. The van der Waals surface area contributed by atoms with Gasteiger partial charge >= 0.3 is 0 Å². The molecule has 84 valence electrons. The molecule has 0 aliphatic carbocycles. The maximum atomic E-state index is 13.4. The summed E-state index contributed by atoms with van der Waals surface area (Å²) in [6, 6.07) is 3.60. The van der Waals surface area contributed by atoms with E-state index in [9.17, 15) is 9.50 Å². The summed E-state index contributed by atoms with van der Waals surface area (Å²) >= 11 is 0. The van der Waals surface area contributed by atoms with Gasteiger partial charge in [-0.25, -0.2) is 4.39 Å². The quantitative estimate of drug-likeness (QED) is 0.798. The van der Waals surface area contributed by atoms with E-state index in [-0.39, 0.29) is 5.56 Å². The molecule has 0 spiro atoms. The third-order valence-electron chi connectivity index (χ3n) is 2.40. The smallest absolute Gasteiger partial charge is 0.128 e. The predicted octanol–water partition coefficient (Wildman–Crippen LogP) is 1.61. The zero-order valence-electron chi connectivity index (χ0n) is 8.90. The number of hydrogen-bond donors (Lipinski definition) is 2. The number of aliphatic hydroxyl groups is 1. The standard InChI is InChI=1S/C11H16FNO2/c1-3-10(14)11(13)8-6-7(15-2)4-5-9(8)12/h4-6,10-11,14H,3,13H2,1-2H3/t10-,11+/m1/s1. The summed E-state index contributed by atoms with van der Waals surface area (Å²) in [5.74, 6) is 0.112. The fourth-order valence-electron chi connectivity index (χ4n) is 1.37. The van der Waals surface area contributed by atoms with E-state index in [1.807, 2.05) is 0 Å². The zero-order valence-corrected chi connectivity index (χ0v) is 8.90. The summed E-state index contributed by atoms with van der Waals surface area (Å²) in [4.78, 5) is 0. The number of methoxy groups -OCH3 is 1. The van der Waals surface area contributed by atoms with Crippen LogP contribution in [0.3, 0.4) is 0 Å². The molecule has 3 N–H and O–H groups in total. The van der Waals surface area contributed by atoms with E-state index in [4.69, 9.17) is 10.5 Å². The molecular weight excluding hydrogens is 197 g/mol. The largest absolute Gasteiger partial charge is 0.497 e. The van der Waals surface area contributed by atoms with Gasteiger partial charge in [0.15, 0.2) is 0 Å². The summed E-state index contributed by atoms with van der Waals surface area (Å²) in [6.07, 6.45) is -0.260. The molecule has 15 heavy (non-hydrogen) atoms. The molecule has 1 aromatic carbocycles. The van der Waals surface area contributed by atoms with Gasteiger partial charge in [-0.1, -0.05) is 6.92 Å². The Morgan fingerprint density at radius 1 is 1.53 bits per heavy atom. The monoisotopic (exact) mass is 213 g/mol. The molecule has 3 nitrogen and oxygen atoms in total. The first-order chi connectivity index (χ1) is 7.10. The Hall–Kier alpha value is -1.13. The Bertz CT molecular complexity index is 330. The van der Waals surface area contributed by atoms with Crippen molar-refractivity contribution in [3.05, 3.63) is 29.6 Å². The van der Waals surface area contributed by atoms with E-state index in [1.165, 1.54) is 25.3 Å². The van der Waals surface area contributed by atoms with E-state index in [2.05, 4.69) is 0 Å². The van der Waals surface area contributed by atoms with Crippen molar-refractivity contribution in [2.45, 2.75) is 25.5 Å². The van der Waals surface area contributed by atoms with Crippen LogP contribution in [-0.2, 0) is 0 Å². The highest BCUT2D eigenvalue weighted by Crippen LogP contribution is 2.24. The minimum Gasteiger partial charge on any atom is -0.497 e. The molecule has 0 amide bonds. The number of benzene rings is 1. The van der Waals surface area contributed by atoms with Crippen molar-refractivity contribution in [3.63, 3.8) is 0 Å². The van der Waals surface area contributed by atoms with Crippen molar-refractivity contribution < 1.29 is 14.2 Å². The maximum Gasteiger partial charge on any atom is 0.128 e. The van der Waals surface area contributed by atoms with E-state index in [0.29, 0.717) is 12.2 Å². The van der Waals surface area contributed by atoms with Crippen molar-refractivity contribution in [1.82, 2.24) is 0 Å². The van der Waals surface area contributed by atoms with Gasteiger partial charge in [-0.05, 0) is 24.6 Å². The Balaban J connectivity index is 3.01. The molecule has 0 saturated heterocycles. The van der Waals surface area contributed by atoms with Gasteiger partial charge in [0.05, 0.1) is 19.3 Å². The molecule has 0 aliphatic heterocycles. The van der Waals surface area contributed by atoms with Gasteiger partial charge < -0.3 is 15.6 Å². The van der Waals surface area contributed by atoms with Crippen molar-refractivity contribution in [2.75, 3.05) is 7.11 Å². The van der Waals surface area contributed by atoms with Crippen LogP contribution in [0.1, 0.15) is 24.9 Å². The molecule has 0 heterocycles. The second-order valence-corrected chi connectivity index (χ2v) is 3.39.